The fourth-order valence-electron chi connectivity index (χ4n) is 7.48. The fourth-order valence-corrected chi connectivity index (χ4v) is 7.48. The summed E-state index contributed by atoms with van der Waals surface area (Å²) in [4.78, 5) is 44.3. The van der Waals surface area contributed by atoms with Crippen molar-refractivity contribution in [3.63, 3.8) is 0 Å². The number of aryl methyl sites for hydroxylation is 2. The van der Waals surface area contributed by atoms with Crippen molar-refractivity contribution in [3.05, 3.63) is 77.4 Å². The zero-order valence-electron chi connectivity index (χ0n) is 39.8. The number of nitrogens with zero attached hydrogens (tertiary/aromatic N) is 3. The summed E-state index contributed by atoms with van der Waals surface area (Å²) in [6, 6.07) is 21.0. The highest BCUT2D eigenvalue weighted by atomic mass is 16.5. The van der Waals surface area contributed by atoms with Gasteiger partial charge in [-0.25, -0.2) is 4.99 Å². The molecule has 1 heterocycles. The van der Waals surface area contributed by atoms with Gasteiger partial charge in [0.05, 0.1) is 24.9 Å². The van der Waals surface area contributed by atoms with E-state index in [9.17, 15) is 24.6 Å². The maximum absolute atomic E-state index is 10.9. The molecule has 12 N–H and O–H groups in total. The third-order valence-electron chi connectivity index (χ3n) is 10.4. The Labute approximate surface area is 381 Å². The van der Waals surface area contributed by atoms with Crippen LogP contribution in [0.3, 0.4) is 0 Å². The number of amides is 1. The van der Waals surface area contributed by atoms with Crippen molar-refractivity contribution in [3.8, 4) is 28.1 Å². The van der Waals surface area contributed by atoms with E-state index >= 15 is 0 Å². The van der Waals surface area contributed by atoms with Crippen LogP contribution >= 0.6 is 0 Å². The molecule has 1 amide bonds. The summed E-state index contributed by atoms with van der Waals surface area (Å²) in [6.45, 7) is 16.0. The SMILES string of the molecule is C=O.CC(C)C(C(N)=O)N(C)C.CCn1c(-c2ccccc2CCOC)c(CC(C)(C)CO)c2cc(-c3cc(O)cc(CCCCCC(C)C=O)c3)ccc21.NC(N)=NCC=O.NN. The first-order chi connectivity index (χ1) is 30.4. The minimum absolute atomic E-state index is 0.0490. The van der Waals surface area contributed by atoms with Crippen LogP contribution in [-0.2, 0) is 49.7 Å². The molecule has 4 aromatic rings. The molecule has 2 atom stereocenters. The van der Waals surface area contributed by atoms with Crippen molar-refractivity contribution < 1.29 is 34.1 Å². The van der Waals surface area contributed by atoms with Crippen molar-refractivity contribution in [1.29, 1.82) is 0 Å². The molecule has 1 aromatic heterocycles. The molecule has 0 aliphatic heterocycles. The number of aldehydes is 2. The molecule has 0 spiro atoms. The van der Waals surface area contributed by atoms with E-state index in [4.69, 9.17) is 26.7 Å². The molecule has 64 heavy (non-hydrogen) atoms. The van der Waals surface area contributed by atoms with E-state index in [0.29, 0.717) is 12.9 Å². The number of aromatic nitrogens is 1. The number of likely N-dealkylation sites (N-methyl/N-ethyl adjacent to an activating group) is 1. The van der Waals surface area contributed by atoms with Gasteiger partial charge in [-0.05, 0) is 117 Å². The van der Waals surface area contributed by atoms with E-state index in [0.717, 1.165) is 74.5 Å². The number of fused-ring (bicyclic) bond motifs is 1. The van der Waals surface area contributed by atoms with Crippen molar-refractivity contribution in [2.24, 2.45) is 51.1 Å². The number of methoxy groups -OCH3 is 1. The zero-order valence-corrected chi connectivity index (χ0v) is 39.8. The number of primary amides is 1. The number of phenolic OH excluding ortho intramolecular Hbond substituents is 1. The molecule has 0 radical (unpaired) electrons. The summed E-state index contributed by atoms with van der Waals surface area (Å²) >= 11 is 0. The van der Waals surface area contributed by atoms with E-state index in [1.54, 1.807) is 7.11 Å². The summed E-state index contributed by atoms with van der Waals surface area (Å²) in [6.07, 6.45) is 8.18. The van der Waals surface area contributed by atoms with E-state index in [2.05, 4.69) is 90.5 Å². The molecule has 0 fully saturated rings. The molecular weight excluding hydrogens is 813 g/mol. The summed E-state index contributed by atoms with van der Waals surface area (Å²) in [5, 5.41) is 22.2. The smallest absolute Gasteiger partial charge is 0.235 e. The van der Waals surface area contributed by atoms with Crippen molar-refractivity contribution in [1.82, 2.24) is 9.47 Å². The van der Waals surface area contributed by atoms with Crippen LogP contribution in [0.5, 0.6) is 5.75 Å². The average Bonchev–Trinajstić information content (AvgIpc) is 3.57. The van der Waals surface area contributed by atoms with Crippen molar-refractivity contribution in [2.75, 3.05) is 41.0 Å². The Morgan fingerprint density at radius 3 is 2.09 bits per heavy atom. The number of guanidine groups is 1. The van der Waals surface area contributed by atoms with Gasteiger partial charge in [-0.3, -0.25) is 21.4 Å². The lowest BCUT2D eigenvalue weighted by Crippen LogP contribution is -2.43. The number of ether oxygens (including phenoxy) is 1. The van der Waals surface area contributed by atoms with E-state index in [-0.39, 0.29) is 54.1 Å². The third kappa shape index (κ3) is 19.5. The van der Waals surface area contributed by atoms with E-state index < -0.39 is 0 Å². The summed E-state index contributed by atoms with van der Waals surface area (Å²) in [7, 11) is 5.45. The number of phenols is 1. The number of aliphatic hydroxyl groups excluding tert-OH is 1. The van der Waals surface area contributed by atoms with E-state index in [1.807, 2.05) is 58.7 Å². The molecule has 3 aromatic carbocycles. The minimum Gasteiger partial charge on any atom is -0.508 e. The normalized spacial score (nSPS) is 11.7. The molecule has 4 rings (SSSR count). The van der Waals surface area contributed by atoms with Crippen LogP contribution in [0.1, 0.15) is 83.9 Å². The van der Waals surface area contributed by atoms with Crippen LogP contribution in [0.15, 0.2) is 65.7 Å². The van der Waals surface area contributed by atoms with Gasteiger partial charge in [0.25, 0.3) is 0 Å². The van der Waals surface area contributed by atoms with Crippen LogP contribution in [0.2, 0.25) is 0 Å². The van der Waals surface area contributed by atoms with Gasteiger partial charge in [0.2, 0.25) is 5.91 Å². The summed E-state index contributed by atoms with van der Waals surface area (Å²) in [5.74, 6) is 8.39. The number of carbonyl (C=O) groups is 4. The van der Waals surface area contributed by atoms with Gasteiger partial charge in [-0.2, -0.15) is 0 Å². The predicted molar refractivity (Wildman–Crippen MR) is 261 cm³/mol. The number of aliphatic hydroxyl groups is 1. The molecule has 0 aliphatic rings. The average molecular weight is 891 g/mol. The number of carbonyl (C=O) groups excluding carboxylic acids is 4. The Balaban J connectivity index is 0.00000157. The second-order valence-corrected chi connectivity index (χ2v) is 16.8. The highest BCUT2D eigenvalue weighted by molar-refractivity contribution is 5.95. The number of aliphatic imine (C=N–C) groups is 1. The van der Waals surface area contributed by atoms with Crippen LogP contribution < -0.4 is 28.9 Å². The van der Waals surface area contributed by atoms with Gasteiger partial charge in [-0.1, -0.05) is 83.9 Å². The highest BCUT2D eigenvalue weighted by Crippen LogP contribution is 2.41. The Morgan fingerprint density at radius 2 is 1.59 bits per heavy atom. The quantitative estimate of drug-likeness (QED) is 0.0136. The Hall–Kier alpha value is -5.45. The van der Waals surface area contributed by atoms with Crippen LogP contribution in [0, 0.1) is 17.3 Å². The molecule has 356 valence electrons. The lowest BCUT2D eigenvalue weighted by atomic mass is 9.84. The topological polar surface area (TPSA) is 269 Å². The minimum atomic E-state index is -0.291. The van der Waals surface area contributed by atoms with Crippen LogP contribution in [0.4, 0.5) is 0 Å². The first kappa shape index (κ1) is 58.6. The number of hydrogen-bond donors (Lipinski definition) is 7. The fraction of sp³-hybridized carbons (Fsp3) is 0.490. The van der Waals surface area contributed by atoms with Gasteiger partial charge in [0, 0.05) is 42.6 Å². The molecule has 0 saturated carbocycles. The lowest BCUT2D eigenvalue weighted by Gasteiger charge is -2.24. The van der Waals surface area contributed by atoms with Crippen molar-refractivity contribution in [2.45, 2.75) is 99.1 Å². The van der Waals surface area contributed by atoms with E-state index in [1.165, 1.54) is 33.3 Å². The molecule has 2 unspecified atom stereocenters. The Bertz CT molecular complexity index is 2000. The number of rotatable bonds is 21. The maximum atomic E-state index is 10.9. The highest BCUT2D eigenvalue weighted by Gasteiger charge is 2.26. The predicted octanol–water partition coefficient (Wildman–Crippen LogP) is 5.54. The third-order valence-corrected chi connectivity index (χ3v) is 10.4. The van der Waals surface area contributed by atoms with Crippen LogP contribution in [0.25, 0.3) is 33.3 Å². The molecule has 0 aliphatic carbocycles. The maximum Gasteiger partial charge on any atom is 0.235 e. The van der Waals surface area contributed by atoms with Gasteiger partial charge in [-0.15, -0.1) is 0 Å². The number of hydrazine groups is 1. The first-order valence-electron chi connectivity index (χ1n) is 21.6. The largest absolute Gasteiger partial charge is 0.508 e. The number of benzene rings is 3. The molecule has 15 nitrogen and oxygen atoms in total. The van der Waals surface area contributed by atoms with Crippen LogP contribution in [-0.4, -0.2) is 97.9 Å². The number of hydrogen-bond acceptors (Lipinski definition) is 11. The standard InChI is InChI=1S/C38H49NO4.C7H16N2O.C3H7N3O.CH2O.H4N2/c1-6-39-36-17-16-30(31-20-28(21-32(42)22-31)13-9-7-8-12-27(2)25-40)23-34(36)35(24-38(3,4)26-41)37(39)33-15-11-10-14-29(33)18-19-43-5;1-5(2)6(7(8)10)9(3)4;4-3(5)6-1-2-7;2*1-2/h10-11,14-17,20-23,25,27,41-42H,6-9,12-13,18-19,24,26H2,1-5H3;5-6H,1-4H3,(H2,8,10);2H,1H2,(H4,4,5,6);1H2;1-2H2. The van der Waals surface area contributed by atoms with Gasteiger partial charge in [0.15, 0.2) is 5.96 Å². The monoisotopic (exact) mass is 891 g/mol. The first-order valence-corrected chi connectivity index (χ1v) is 21.6. The van der Waals surface area contributed by atoms with Gasteiger partial charge < -0.3 is 51.1 Å². The van der Waals surface area contributed by atoms with Gasteiger partial charge in [0.1, 0.15) is 25.1 Å². The Kier molecular flexibility index (Phi) is 28.7. The van der Waals surface area contributed by atoms with Crippen molar-refractivity contribution >= 4 is 42.1 Å². The molecule has 15 heteroatoms. The Morgan fingerprint density at radius 1 is 0.938 bits per heavy atom. The summed E-state index contributed by atoms with van der Waals surface area (Å²) in [5.41, 5.74) is 23.9. The second kappa shape index (κ2) is 31.4. The number of unbranched alkanes of at least 4 members (excludes halogenated alkanes) is 2. The lowest BCUT2D eigenvalue weighted by molar-refractivity contribution is -0.123. The second-order valence-electron chi connectivity index (χ2n) is 16.8. The number of nitrogens with two attached hydrogens (primary N) is 5. The molecular formula is C49H78N8O7. The molecule has 0 saturated heterocycles. The number of aromatic hydroxyl groups is 1. The zero-order chi connectivity index (χ0) is 49.0. The summed E-state index contributed by atoms with van der Waals surface area (Å²) < 4.78 is 7.85. The van der Waals surface area contributed by atoms with Gasteiger partial charge >= 0.3 is 0 Å². The molecule has 0 bridgehead atoms.